The Morgan fingerprint density at radius 2 is 2.03 bits per heavy atom. The summed E-state index contributed by atoms with van der Waals surface area (Å²) in [5.41, 5.74) is 0.547. The van der Waals surface area contributed by atoms with Gasteiger partial charge in [0.25, 0.3) is 5.56 Å². The molecule has 2 heterocycles. The molecule has 0 aliphatic rings. The topological polar surface area (TPSA) is 81.7 Å². The lowest BCUT2D eigenvalue weighted by Crippen LogP contribution is -2.23. The van der Waals surface area contributed by atoms with Gasteiger partial charge in [-0.15, -0.1) is 16.8 Å². The molecule has 160 valence electrons. The van der Waals surface area contributed by atoms with Gasteiger partial charge < -0.3 is 9.84 Å². The lowest BCUT2D eigenvalue weighted by atomic mass is 10.2. The Kier molecular flexibility index (Phi) is 6.52. The molecule has 0 saturated carbocycles. The van der Waals surface area contributed by atoms with Crippen molar-refractivity contribution in [1.82, 2.24) is 19.2 Å². The maximum atomic E-state index is 12.8. The molecule has 31 heavy (non-hydrogen) atoms. The van der Waals surface area contributed by atoms with E-state index in [2.05, 4.69) is 16.8 Å². The number of halogens is 2. The molecule has 7 nitrogen and oxygen atoms in total. The monoisotopic (exact) mass is 476 g/mol. The number of nitrogens with zero attached hydrogens (tertiary/aromatic N) is 4. The first-order valence-corrected chi connectivity index (χ1v) is 11.1. The predicted molar refractivity (Wildman–Crippen MR) is 124 cm³/mol. The Morgan fingerprint density at radius 1 is 1.23 bits per heavy atom. The average molecular weight is 477 g/mol. The van der Waals surface area contributed by atoms with E-state index in [1.54, 1.807) is 30.3 Å². The molecule has 1 atom stereocenters. The van der Waals surface area contributed by atoms with Gasteiger partial charge in [-0.05, 0) is 24.3 Å². The summed E-state index contributed by atoms with van der Waals surface area (Å²) in [6.07, 6.45) is 0.845. The summed E-state index contributed by atoms with van der Waals surface area (Å²) in [5, 5.41) is 20.9. The summed E-state index contributed by atoms with van der Waals surface area (Å²) in [6, 6.07) is 12.2. The number of hydrogen-bond acceptors (Lipinski definition) is 6. The van der Waals surface area contributed by atoms with Crippen molar-refractivity contribution in [3.05, 3.63) is 75.5 Å². The Bertz CT molecular complexity index is 1320. The van der Waals surface area contributed by atoms with Crippen molar-refractivity contribution < 1.29 is 9.84 Å². The summed E-state index contributed by atoms with van der Waals surface area (Å²) in [6.45, 7) is 4.07. The van der Waals surface area contributed by atoms with Crippen molar-refractivity contribution in [1.29, 1.82) is 0 Å². The van der Waals surface area contributed by atoms with Gasteiger partial charge in [-0.2, -0.15) is 0 Å². The zero-order valence-electron chi connectivity index (χ0n) is 16.2. The highest BCUT2D eigenvalue weighted by molar-refractivity contribution is 7.99. The molecule has 0 bridgehead atoms. The molecule has 0 saturated heterocycles. The number of thioether (sulfide) groups is 1. The number of rotatable bonds is 8. The molecule has 1 N–H and O–H groups in total. The van der Waals surface area contributed by atoms with Gasteiger partial charge in [-0.1, -0.05) is 53.2 Å². The summed E-state index contributed by atoms with van der Waals surface area (Å²) in [7, 11) is 0. The number of allylic oxidation sites excluding steroid dienone is 1. The third kappa shape index (κ3) is 4.43. The van der Waals surface area contributed by atoms with Crippen LogP contribution in [0.15, 0.2) is 65.1 Å². The van der Waals surface area contributed by atoms with Crippen molar-refractivity contribution in [2.24, 2.45) is 0 Å². The highest BCUT2D eigenvalue weighted by atomic mass is 35.5. The fourth-order valence-electron chi connectivity index (χ4n) is 3.11. The first kappa shape index (κ1) is 21.7. The minimum Gasteiger partial charge on any atom is -0.489 e. The van der Waals surface area contributed by atoms with E-state index < -0.39 is 6.10 Å². The minimum atomic E-state index is -0.794. The fraction of sp³-hybridized carbons (Fsp3) is 0.190. The van der Waals surface area contributed by atoms with Crippen LogP contribution in [-0.4, -0.2) is 42.7 Å². The smallest absolute Gasteiger partial charge is 0.263 e. The standard InChI is InChI=1S/C21H18Cl2N4O3S/c1-2-9-26-19(29)15-5-3-4-6-17(15)27-20(26)24-25-21(27)31-12-14(28)11-30-18-10-13(22)7-8-16(18)23/h2-8,10,14,28H,1,9,11-12H2/t14-/m0/s1. The van der Waals surface area contributed by atoms with Crippen LogP contribution < -0.4 is 10.3 Å². The number of para-hydroxylation sites is 1. The van der Waals surface area contributed by atoms with E-state index in [9.17, 15) is 9.90 Å². The molecule has 10 heteroatoms. The van der Waals surface area contributed by atoms with Crippen molar-refractivity contribution in [3.8, 4) is 5.75 Å². The molecule has 2 aromatic heterocycles. The van der Waals surface area contributed by atoms with Gasteiger partial charge >= 0.3 is 0 Å². The van der Waals surface area contributed by atoms with Crippen LogP contribution in [0.5, 0.6) is 5.75 Å². The molecule has 0 spiro atoms. The number of ether oxygens (including phenoxy) is 1. The molecule has 0 radical (unpaired) electrons. The lowest BCUT2D eigenvalue weighted by Gasteiger charge is -2.13. The fourth-order valence-corrected chi connectivity index (χ4v) is 4.29. The van der Waals surface area contributed by atoms with Gasteiger partial charge in [0.1, 0.15) is 12.4 Å². The maximum absolute atomic E-state index is 12.8. The molecular weight excluding hydrogens is 459 g/mol. The van der Waals surface area contributed by atoms with Crippen LogP contribution in [0.4, 0.5) is 0 Å². The number of aromatic nitrogens is 4. The van der Waals surface area contributed by atoms with Gasteiger partial charge in [-0.25, -0.2) is 0 Å². The van der Waals surface area contributed by atoms with E-state index in [1.165, 1.54) is 16.3 Å². The molecule has 0 aliphatic heterocycles. The molecule has 0 amide bonds. The summed E-state index contributed by atoms with van der Waals surface area (Å²) >= 11 is 13.4. The van der Waals surface area contributed by atoms with Crippen molar-refractivity contribution in [2.75, 3.05) is 12.4 Å². The SMILES string of the molecule is C=CCn1c(=O)c2ccccc2n2c(SC[C@@H](O)COc3cc(Cl)ccc3Cl)nnc12. The first-order valence-electron chi connectivity index (χ1n) is 9.36. The van der Waals surface area contributed by atoms with Gasteiger partial charge in [-0.3, -0.25) is 13.8 Å². The number of fused-ring (bicyclic) bond motifs is 3. The zero-order chi connectivity index (χ0) is 22.0. The van der Waals surface area contributed by atoms with E-state index in [0.717, 1.165) is 0 Å². The minimum absolute atomic E-state index is 0.0335. The van der Waals surface area contributed by atoms with E-state index in [4.69, 9.17) is 27.9 Å². The number of benzene rings is 2. The van der Waals surface area contributed by atoms with Gasteiger partial charge in [0.05, 0.1) is 22.0 Å². The largest absolute Gasteiger partial charge is 0.489 e. The van der Waals surface area contributed by atoms with Crippen LogP contribution in [0.2, 0.25) is 10.0 Å². The Hall–Kier alpha value is -2.52. The number of aliphatic hydroxyl groups is 1. The average Bonchev–Trinajstić information content (AvgIpc) is 3.20. The van der Waals surface area contributed by atoms with Crippen molar-refractivity contribution in [2.45, 2.75) is 17.8 Å². The summed E-state index contributed by atoms with van der Waals surface area (Å²) in [4.78, 5) is 12.8. The third-order valence-corrected chi connectivity index (χ3v) is 6.14. The highest BCUT2D eigenvalue weighted by Gasteiger charge is 2.17. The van der Waals surface area contributed by atoms with Crippen LogP contribution in [0.1, 0.15) is 0 Å². The maximum Gasteiger partial charge on any atom is 0.263 e. The second kappa shape index (κ2) is 9.32. The van der Waals surface area contributed by atoms with E-state index in [0.29, 0.717) is 49.9 Å². The second-order valence-electron chi connectivity index (χ2n) is 6.69. The quantitative estimate of drug-likeness (QED) is 0.305. The van der Waals surface area contributed by atoms with Gasteiger partial charge in [0.15, 0.2) is 5.16 Å². The van der Waals surface area contributed by atoms with Crippen LogP contribution in [0.3, 0.4) is 0 Å². The van der Waals surface area contributed by atoms with Crippen molar-refractivity contribution in [3.63, 3.8) is 0 Å². The Morgan fingerprint density at radius 3 is 2.84 bits per heavy atom. The summed E-state index contributed by atoms with van der Waals surface area (Å²) < 4.78 is 8.93. The zero-order valence-corrected chi connectivity index (χ0v) is 18.6. The van der Waals surface area contributed by atoms with E-state index in [-0.39, 0.29) is 12.2 Å². The third-order valence-electron chi connectivity index (χ3n) is 4.52. The number of hydrogen-bond donors (Lipinski definition) is 1. The summed E-state index contributed by atoms with van der Waals surface area (Å²) in [5.74, 6) is 1.13. The van der Waals surface area contributed by atoms with Crippen LogP contribution in [-0.2, 0) is 6.54 Å². The number of aliphatic hydroxyl groups excluding tert-OH is 1. The molecule has 4 aromatic rings. The van der Waals surface area contributed by atoms with Gasteiger partial charge in [0, 0.05) is 23.4 Å². The van der Waals surface area contributed by atoms with E-state index in [1.807, 2.05) is 22.6 Å². The molecule has 4 rings (SSSR count). The van der Waals surface area contributed by atoms with Crippen LogP contribution in [0, 0.1) is 0 Å². The molecule has 2 aromatic carbocycles. The first-order chi connectivity index (χ1) is 15.0. The van der Waals surface area contributed by atoms with E-state index >= 15 is 0 Å². The molecule has 0 fully saturated rings. The van der Waals surface area contributed by atoms with Crippen LogP contribution in [0.25, 0.3) is 16.7 Å². The van der Waals surface area contributed by atoms with Crippen LogP contribution >= 0.6 is 35.0 Å². The molecule has 0 unspecified atom stereocenters. The van der Waals surface area contributed by atoms with Gasteiger partial charge in [0.2, 0.25) is 5.78 Å². The second-order valence-corrected chi connectivity index (χ2v) is 8.52. The molecule has 0 aliphatic carbocycles. The predicted octanol–water partition coefficient (Wildman–Crippen LogP) is 4.07. The Labute approximate surface area is 191 Å². The van der Waals surface area contributed by atoms with Crippen molar-refractivity contribution >= 4 is 51.6 Å². The molecular formula is C21H18Cl2N4O3S. The normalized spacial score (nSPS) is 12.4. The Balaban J connectivity index is 1.57. The lowest BCUT2D eigenvalue weighted by molar-refractivity contribution is 0.126. The highest BCUT2D eigenvalue weighted by Crippen LogP contribution is 2.28.